The van der Waals surface area contributed by atoms with Gasteiger partial charge in [0, 0.05) is 12.6 Å². The molecule has 0 radical (unpaired) electrons. The van der Waals surface area contributed by atoms with Crippen LogP contribution in [-0.2, 0) is 0 Å². The maximum absolute atomic E-state index is 11.6. The molecule has 1 aromatic carbocycles. The summed E-state index contributed by atoms with van der Waals surface area (Å²) in [6.45, 7) is 3.80. The molecule has 0 bridgehead atoms. The number of hydrogen-bond acceptors (Lipinski definition) is 3. The first-order valence-electron chi connectivity index (χ1n) is 4.65. The lowest BCUT2D eigenvalue weighted by atomic mass is 10.1. The number of carbonyl (C=O) groups is 1. The normalized spacial score (nSPS) is 9.93. The molecule has 1 rings (SSSR count). The molecule has 0 aromatic heterocycles. The second kappa shape index (κ2) is 4.31. The third-order valence-corrected chi connectivity index (χ3v) is 2.23. The molecule has 0 unspecified atom stereocenters. The summed E-state index contributed by atoms with van der Waals surface area (Å²) in [5, 5.41) is 1.07. The number of aryl methyl sites for hydroxylation is 2. The summed E-state index contributed by atoms with van der Waals surface area (Å²) < 4.78 is 5.21. The van der Waals surface area contributed by atoms with Crippen molar-refractivity contribution in [1.82, 2.24) is 5.01 Å². The molecule has 4 heteroatoms. The number of carbonyl (C=O) groups excluding carboxylic acids is 1. The van der Waals surface area contributed by atoms with Gasteiger partial charge in [0.15, 0.2) is 0 Å². The first kappa shape index (κ1) is 11.5. The Balaban J connectivity index is 3.20. The van der Waals surface area contributed by atoms with E-state index in [1.165, 1.54) is 7.05 Å². The van der Waals surface area contributed by atoms with Crippen LogP contribution in [0.1, 0.15) is 21.5 Å². The van der Waals surface area contributed by atoms with E-state index in [-0.39, 0.29) is 5.91 Å². The third-order valence-electron chi connectivity index (χ3n) is 2.23. The standard InChI is InChI=1S/C11H16N2O2/c1-7-5-9(11(14)13(3)12)6-8(2)10(7)15-4/h5-6H,12H2,1-4H3. The fourth-order valence-electron chi connectivity index (χ4n) is 1.60. The number of hydrogen-bond donors (Lipinski definition) is 1. The highest BCUT2D eigenvalue weighted by Crippen LogP contribution is 2.24. The van der Waals surface area contributed by atoms with Crippen molar-refractivity contribution in [1.29, 1.82) is 0 Å². The van der Waals surface area contributed by atoms with Crippen LogP contribution in [0, 0.1) is 13.8 Å². The zero-order valence-corrected chi connectivity index (χ0v) is 9.50. The Morgan fingerprint density at radius 2 is 1.80 bits per heavy atom. The molecule has 0 fully saturated rings. The minimum Gasteiger partial charge on any atom is -0.496 e. The molecule has 0 aliphatic rings. The molecule has 1 aromatic rings. The predicted octanol–water partition coefficient (Wildman–Crippen LogP) is 1.26. The van der Waals surface area contributed by atoms with Gasteiger partial charge in [-0.1, -0.05) is 0 Å². The van der Waals surface area contributed by atoms with Gasteiger partial charge in [0.05, 0.1) is 7.11 Å². The maximum Gasteiger partial charge on any atom is 0.267 e. The summed E-state index contributed by atoms with van der Waals surface area (Å²) in [4.78, 5) is 11.6. The van der Waals surface area contributed by atoms with Crippen molar-refractivity contribution in [3.63, 3.8) is 0 Å². The molecule has 2 N–H and O–H groups in total. The van der Waals surface area contributed by atoms with Crippen molar-refractivity contribution in [2.24, 2.45) is 5.84 Å². The van der Waals surface area contributed by atoms with E-state index in [2.05, 4.69) is 0 Å². The first-order chi connectivity index (χ1) is 6.97. The Bertz CT molecular complexity index is 363. The van der Waals surface area contributed by atoms with Gasteiger partial charge in [-0.2, -0.15) is 0 Å². The van der Waals surface area contributed by atoms with Crippen LogP contribution in [0.2, 0.25) is 0 Å². The topological polar surface area (TPSA) is 55.6 Å². The van der Waals surface area contributed by atoms with Gasteiger partial charge >= 0.3 is 0 Å². The second-order valence-corrected chi connectivity index (χ2v) is 3.56. The van der Waals surface area contributed by atoms with Crippen molar-refractivity contribution >= 4 is 5.91 Å². The molecule has 0 spiro atoms. The fraction of sp³-hybridized carbons (Fsp3) is 0.364. The maximum atomic E-state index is 11.6. The zero-order chi connectivity index (χ0) is 11.6. The molecule has 1 amide bonds. The average molecular weight is 208 g/mol. The van der Waals surface area contributed by atoms with E-state index in [1.807, 2.05) is 13.8 Å². The molecular formula is C11H16N2O2. The van der Waals surface area contributed by atoms with Gasteiger partial charge in [-0.15, -0.1) is 0 Å². The minimum atomic E-state index is -0.205. The van der Waals surface area contributed by atoms with Crippen LogP contribution in [0.3, 0.4) is 0 Å². The number of hydrazine groups is 1. The fourth-order valence-corrected chi connectivity index (χ4v) is 1.60. The van der Waals surface area contributed by atoms with Gasteiger partial charge < -0.3 is 4.74 Å². The summed E-state index contributed by atoms with van der Waals surface area (Å²) in [6.07, 6.45) is 0. The van der Waals surface area contributed by atoms with Crippen molar-refractivity contribution in [3.8, 4) is 5.75 Å². The van der Waals surface area contributed by atoms with Crippen molar-refractivity contribution < 1.29 is 9.53 Å². The van der Waals surface area contributed by atoms with Crippen molar-refractivity contribution in [2.45, 2.75) is 13.8 Å². The molecule has 0 aliphatic carbocycles. The van der Waals surface area contributed by atoms with E-state index in [4.69, 9.17) is 10.6 Å². The molecule has 0 saturated heterocycles. The molecule has 4 nitrogen and oxygen atoms in total. The molecular weight excluding hydrogens is 192 g/mol. The summed E-state index contributed by atoms with van der Waals surface area (Å²) in [6, 6.07) is 3.55. The minimum absolute atomic E-state index is 0.205. The summed E-state index contributed by atoms with van der Waals surface area (Å²) in [7, 11) is 3.14. The summed E-state index contributed by atoms with van der Waals surface area (Å²) in [5.74, 6) is 6.00. The summed E-state index contributed by atoms with van der Waals surface area (Å²) in [5.41, 5.74) is 2.45. The number of nitrogens with zero attached hydrogens (tertiary/aromatic N) is 1. The Hall–Kier alpha value is -1.55. The first-order valence-corrected chi connectivity index (χ1v) is 4.65. The van der Waals surface area contributed by atoms with E-state index < -0.39 is 0 Å². The van der Waals surface area contributed by atoms with Gasteiger partial charge in [0.1, 0.15) is 5.75 Å². The summed E-state index contributed by atoms with van der Waals surface area (Å²) >= 11 is 0. The Morgan fingerprint density at radius 1 is 1.33 bits per heavy atom. The van der Waals surface area contributed by atoms with Gasteiger partial charge in [-0.3, -0.25) is 9.80 Å². The third kappa shape index (κ3) is 2.27. The van der Waals surface area contributed by atoms with E-state index >= 15 is 0 Å². The van der Waals surface area contributed by atoms with Crippen LogP contribution in [0.4, 0.5) is 0 Å². The number of methoxy groups -OCH3 is 1. The highest BCUT2D eigenvalue weighted by molar-refractivity contribution is 5.94. The largest absolute Gasteiger partial charge is 0.496 e. The van der Waals surface area contributed by atoms with Crippen LogP contribution < -0.4 is 10.6 Å². The van der Waals surface area contributed by atoms with Gasteiger partial charge in [0.2, 0.25) is 0 Å². The van der Waals surface area contributed by atoms with Crippen LogP contribution >= 0.6 is 0 Å². The number of ether oxygens (including phenoxy) is 1. The number of benzene rings is 1. The average Bonchev–Trinajstić information content (AvgIpc) is 2.15. The van der Waals surface area contributed by atoms with Crippen LogP contribution in [0.5, 0.6) is 5.75 Å². The van der Waals surface area contributed by atoms with Crippen molar-refractivity contribution in [3.05, 3.63) is 28.8 Å². The monoisotopic (exact) mass is 208 g/mol. The lowest BCUT2D eigenvalue weighted by Crippen LogP contribution is -2.33. The van der Waals surface area contributed by atoms with Crippen LogP contribution in [-0.4, -0.2) is 25.1 Å². The SMILES string of the molecule is COc1c(C)cc(C(=O)N(C)N)cc1C. The van der Waals surface area contributed by atoms with Crippen LogP contribution in [0.25, 0.3) is 0 Å². The molecule has 0 atom stereocenters. The van der Waals surface area contributed by atoms with Gasteiger partial charge in [-0.25, -0.2) is 5.84 Å². The molecule has 82 valence electrons. The molecule has 0 heterocycles. The van der Waals surface area contributed by atoms with Gasteiger partial charge in [-0.05, 0) is 37.1 Å². The Morgan fingerprint density at radius 3 is 2.13 bits per heavy atom. The van der Waals surface area contributed by atoms with E-state index in [0.29, 0.717) is 5.56 Å². The van der Waals surface area contributed by atoms with Crippen LogP contribution in [0.15, 0.2) is 12.1 Å². The van der Waals surface area contributed by atoms with Crippen molar-refractivity contribution in [2.75, 3.05) is 14.2 Å². The molecule has 0 aliphatic heterocycles. The van der Waals surface area contributed by atoms with E-state index in [0.717, 1.165) is 21.9 Å². The second-order valence-electron chi connectivity index (χ2n) is 3.56. The zero-order valence-electron chi connectivity index (χ0n) is 9.50. The highest BCUT2D eigenvalue weighted by Gasteiger charge is 2.12. The number of nitrogens with two attached hydrogens (primary N) is 1. The van der Waals surface area contributed by atoms with E-state index in [1.54, 1.807) is 19.2 Å². The lowest BCUT2D eigenvalue weighted by Gasteiger charge is -2.13. The number of rotatable bonds is 2. The highest BCUT2D eigenvalue weighted by atomic mass is 16.5. The van der Waals surface area contributed by atoms with Gasteiger partial charge in [0.25, 0.3) is 5.91 Å². The number of amides is 1. The smallest absolute Gasteiger partial charge is 0.267 e. The predicted molar refractivity (Wildman–Crippen MR) is 58.7 cm³/mol. The van der Waals surface area contributed by atoms with E-state index in [9.17, 15) is 4.79 Å². The lowest BCUT2D eigenvalue weighted by molar-refractivity contribution is 0.0795. The quantitative estimate of drug-likeness (QED) is 0.452. The molecule has 15 heavy (non-hydrogen) atoms. The molecule has 0 saturated carbocycles. The Labute approximate surface area is 89.6 Å². The Kier molecular flexibility index (Phi) is 3.31.